The zero-order valence-electron chi connectivity index (χ0n) is 15.7. The van der Waals surface area contributed by atoms with E-state index in [2.05, 4.69) is 5.32 Å². The van der Waals surface area contributed by atoms with Crippen molar-refractivity contribution < 1.29 is 27.4 Å². The van der Waals surface area contributed by atoms with Crippen molar-refractivity contribution in [1.82, 2.24) is 0 Å². The number of amides is 1. The SMILES string of the molecule is CCS(=O)(=O)N(CC(=O)Nc1ccc(OC)cc1)c1ccc2c(c1)OCCO2. The van der Waals surface area contributed by atoms with Crippen molar-refractivity contribution in [2.45, 2.75) is 6.92 Å². The summed E-state index contributed by atoms with van der Waals surface area (Å²) in [7, 11) is -2.13. The van der Waals surface area contributed by atoms with Gasteiger partial charge in [-0.3, -0.25) is 9.10 Å². The lowest BCUT2D eigenvalue weighted by atomic mass is 10.2. The van der Waals surface area contributed by atoms with Gasteiger partial charge in [-0.2, -0.15) is 0 Å². The summed E-state index contributed by atoms with van der Waals surface area (Å²) in [6.07, 6.45) is 0. The minimum absolute atomic E-state index is 0.142. The number of nitrogens with zero attached hydrogens (tertiary/aromatic N) is 1. The molecule has 150 valence electrons. The topological polar surface area (TPSA) is 94.2 Å². The van der Waals surface area contributed by atoms with E-state index < -0.39 is 15.9 Å². The summed E-state index contributed by atoms with van der Waals surface area (Å²) in [4.78, 5) is 12.5. The smallest absolute Gasteiger partial charge is 0.245 e. The number of carbonyl (C=O) groups excluding carboxylic acids is 1. The van der Waals surface area contributed by atoms with Gasteiger partial charge in [0.05, 0.1) is 18.6 Å². The summed E-state index contributed by atoms with van der Waals surface area (Å²) in [5.74, 6) is 1.06. The molecule has 1 amide bonds. The zero-order chi connectivity index (χ0) is 20.1. The molecule has 0 aromatic heterocycles. The van der Waals surface area contributed by atoms with Crippen molar-refractivity contribution in [3.05, 3.63) is 42.5 Å². The number of nitrogens with one attached hydrogen (secondary N) is 1. The third-order valence-corrected chi connectivity index (χ3v) is 5.92. The molecule has 2 aromatic carbocycles. The summed E-state index contributed by atoms with van der Waals surface area (Å²) >= 11 is 0. The van der Waals surface area contributed by atoms with E-state index in [-0.39, 0.29) is 12.3 Å². The number of anilines is 2. The Morgan fingerprint density at radius 3 is 2.43 bits per heavy atom. The molecule has 0 bridgehead atoms. The molecule has 0 saturated heterocycles. The number of fused-ring (bicyclic) bond motifs is 1. The van der Waals surface area contributed by atoms with Gasteiger partial charge in [0.1, 0.15) is 25.5 Å². The van der Waals surface area contributed by atoms with Crippen molar-refractivity contribution in [3.63, 3.8) is 0 Å². The predicted molar refractivity (Wildman–Crippen MR) is 106 cm³/mol. The molecule has 0 radical (unpaired) electrons. The highest BCUT2D eigenvalue weighted by atomic mass is 32.2. The number of hydrogen-bond acceptors (Lipinski definition) is 6. The number of carbonyl (C=O) groups is 1. The molecule has 1 aliphatic rings. The molecule has 1 N–H and O–H groups in total. The van der Waals surface area contributed by atoms with Crippen LogP contribution in [0.1, 0.15) is 6.92 Å². The Hall–Kier alpha value is -2.94. The molecular formula is C19H22N2O6S. The standard InChI is InChI=1S/C19H22N2O6S/c1-3-28(23,24)21(15-6-9-17-18(12-15)27-11-10-26-17)13-19(22)20-14-4-7-16(25-2)8-5-14/h4-9,12H,3,10-11,13H2,1-2H3,(H,20,22). The van der Waals surface area contributed by atoms with E-state index in [1.807, 2.05) is 0 Å². The molecule has 0 unspecified atom stereocenters. The first-order valence-electron chi connectivity index (χ1n) is 8.77. The van der Waals surface area contributed by atoms with Crippen LogP contribution < -0.4 is 23.8 Å². The van der Waals surface area contributed by atoms with Crippen molar-refractivity contribution in [3.8, 4) is 17.2 Å². The van der Waals surface area contributed by atoms with Gasteiger partial charge in [-0.25, -0.2) is 8.42 Å². The molecule has 0 spiro atoms. The highest BCUT2D eigenvalue weighted by molar-refractivity contribution is 7.92. The highest BCUT2D eigenvalue weighted by Gasteiger charge is 2.25. The molecule has 1 heterocycles. The van der Waals surface area contributed by atoms with E-state index >= 15 is 0 Å². The van der Waals surface area contributed by atoms with Crippen LogP contribution in [0, 0.1) is 0 Å². The average molecular weight is 406 g/mol. The Kier molecular flexibility index (Phi) is 5.93. The van der Waals surface area contributed by atoms with Gasteiger partial charge in [0, 0.05) is 11.8 Å². The molecule has 0 aliphatic carbocycles. The fourth-order valence-corrected chi connectivity index (χ4v) is 3.76. The lowest BCUT2D eigenvalue weighted by Crippen LogP contribution is -2.39. The summed E-state index contributed by atoms with van der Waals surface area (Å²) < 4.78 is 42.3. The summed E-state index contributed by atoms with van der Waals surface area (Å²) in [5.41, 5.74) is 0.887. The van der Waals surface area contributed by atoms with Crippen LogP contribution in [0.25, 0.3) is 0 Å². The van der Waals surface area contributed by atoms with Crippen LogP contribution >= 0.6 is 0 Å². The molecule has 0 saturated carbocycles. The molecular weight excluding hydrogens is 384 g/mol. The second-order valence-corrected chi connectivity index (χ2v) is 8.19. The number of methoxy groups -OCH3 is 1. The molecule has 1 aliphatic heterocycles. The van der Waals surface area contributed by atoms with E-state index in [4.69, 9.17) is 14.2 Å². The fraction of sp³-hybridized carbons (Fsp3) is 0.316. The maximum Gasteiger partial charge on any atom is 0.245 e. The van der Waals surface area contributed by atoms with Crippen molar-refractivity contribution >= 4 is 27.3 Å². The quantitative estimate of drug-likeness (QED) is 0.758. The minimum atomic E-state index is -3.68. The van der Waals surface area contributed by atoms with Gasteiger partial charge in [-0.15, -0.1) is 0 Å². The van der Waals surface area contributed by atoms with Crippen LogP contribution in [-0.4, -0.2) is 46.9 Å². The summed E-state index contributed by atoms with van der Waals surface area (Å²) in [6, 6.07) is 11.6. The van der Waals surface area contributed by atoms with Gasteiger partial charge in [0.25, 0.3) is 0 Å². The summed E-state index contributed by atoms with van der Waals surface area (Å²) in [6.45, 7) is 1.99. The van der Waals surface area contributed by atoms with Gasteiger partial charge >= 0.3 is 0 Å². The maximum absolute atomic E-state index is 12.6. The van der Waals surface area contributed by atoms with Crippen LogP contribution in [0.2, 0.25) is 0 Å². The number of rotatable bonds is 7. The van der Waals surface area contributed by atoms with E-state index in [9.17, 15) is 13.2 Å². The van der Waals surface area contributed by atoms with Crippen molar-refractivity contribution in [1.29, 1.82) is 0 Å². The van der Waals surface area contributed by atoms with Crippen molar-refractivity contribution in [2.75, 3.05) is 42.2 Å². The first-order valence-corrected chi connectivity index (χ1v) is 10.4. The Balaban J connectivity index is 1.81. The van der Waals surface area contributed by atoms with Crippen LogP contribution in [-0.2, 0) is 14.8 Å². The molecule has 0 atom stereocenters. The predicted octanol–water partition coefficient (Wildman–Crippen LogP) is 2.26. The third-order valence-electron chi connectivity index (χ3n) is 4.18. The zero-order valence-corrected chi connectivity index (χ0v) is 16.5. The average Bonchev–Trinajstić information content (AvgIpc) is 2.72. The van der Waals surface area contributed by atoms with E-state index in [1.54, 1.807) is 49.6 Å². The molecule has 8 nitrogen and oxygen atoms in total. The van der Waals surface area contributed by atoms with Gasteiger partial charge in [-0.05, 0) is 43.3 Å². The number of sulfonamides is 1. The lowest BCUT2D eigenvalue weighted by Gasteiger charge is -2.25. The third kappa shape index (κ3) is 4.48. The number of hydrogen-bond donors (Lipinski definition) is 1. The van der Waals surface area contributed by atoms with Crippen LogP contribution in [0.5, 0.6) is 17.2 Å². The number of benzene rings is 2. The lowest BCUT2D eigenvalue weighted by molar-refractivity contribution is -0.114. The van der Waals surface area contributed by atoms with E-state index in [0.717, 1.165) is 4.31 Å². The van der Waals surface area contributed by atoms with Gasteiger partial charge in [0.15, 0.2) is 11.5 Å². The van der Waals surface area contributed by atoms with Crippen molar-refractivity contribution in [2.24, 2.45) is 0 Å². The Morgan fingerprint density at radius 1 is 1.11 bits per heavy atom. The fourth-order valence-electron chi connectivity index (χ4n) is 2.70. The molecule has 28 heavy (non-hydrogen) atoms. The van der Waals surface area contributed by atoms with Crippen LogP contribution in [0.3, 0.4) is 0 Å². The first kappa shape index (κ1) is 19.8. The first-order chi connectivity index (χ1) is 13.4. The van der Waals surface area contributed by atoms with Gasteiger partial charge in [0.2, 0.25) is 15.9 Å². The van der Waals surface area contributed by atoms with Gasteiger partial charge < -0.3 is 19.5 Å². The normalized spacial score (nSPS) is 12.9. The maximum atomic E-state index is 12.6. The second kappa shape index (κ2) is 8.39. The van der Waals surface area contributed by atoms with E-state index in [1.165, 1.54) is 6.92 Å². The van der Waals surface area contributed by atoms with Crippen LogP contribution in [0.4, 0.5) is 11.4 Å². The molecule has 2 aromatic rings. The monoisotopic (exact) mass is 406 g/mol. The highest BCUT2D eigenvalue weighted by Crippen LogP contribution is 2.34. The Bertz CT molecular complexity index is 943. The molecule has 0 fully saturated rings. The largest absolute Gasteiger partial charge is 0.497 e. The Morgan fingerprint density at radius 2 is 1.79 bits per heavy atom. The van der Waals surface area contributed by atoms with E-state index in [0.29, 0.717) is 41.8 Å². The molecule has 9 heteroatoms. The number of ether oxygens (including phenoxy) is 3. The second-order valence-electron chi connectivity index (χ2n) is 6.01. The molecule has 3 rings (SSSR count). The Labute approximate surface area is 164 Å². The van der Waals surface area contributed by atoms with Gasteiger partial charge in [-0.1, -0.05) is 0 Å². The summed E-state index contributed by atoms with van der Waals surface area (Å²) in [5, 5.41) is 2.70. The van der Waals surface area contributed by atoms with Crippen LogP contribution in [0.15, 0.2) is 42.5 Å². The minimum Gasteiger partial charge on any atom is -0.497 e.